The van der Waals surface area contributed by atoms with E-state index in [9.17, 15) is 18.0 Å². The van der Waals surface area contributed by atoms with Crippen LogP contribution in [-0.4, -0.2) is 50.7 Å². The van der Waals surface area contributed by atoms with Gasteiger partial charge in [0, 0.05) is 31.7 Å². The Morgan fingerprint density at radius 1 is 1.00 bits per heavy atom. The molecule has 0 aliphatic heterocycles. The first-order chi connectivity index (χ1) is 13.6. The van der Waals surface area contributed by atoms with Gasteiger partial charge in [0.2, 0.25) is 10.0 Å². The number of amides is 2. The molecule has 0 radical (unpaired) electrons. The third-order valence-corrected chi connectivity index (χ3v) is 6.68. The summed E-state index contributed by atoms with van der Waals surface area (Å²) in [6.07, 6.45) is 0. The number of hydrogen-bond donors (Lipinski definition) is 2. The molecule has 0 fully saturated rings. The topological polar surface area (TPSA) is 95.6 Å². The van der Waals surface area contributed by atoms with Gasteiger partial charge < -0.3 is 10.6 Å². The van der Waals surface area contributed by atoms with Gasteiger partial charge >= 0.3 is 0 Å². The highest BCUT2D eigenvalue weighted by Crippen LogP contribution is 2.23. The van der Waals surface area contributed by atoms with Crippen molar-refractivity contribution in [3.05, 3.63) is 64.7 Å². The third-order valence-electron chi connectivity index (χ3n) is 4.32. The molecule has 0 aliphatic carbocycles. The van der Waals surface area contributed by atoms with E-state index in [-0.39, 0.29) is 40.5 Å². The zero-order valence-electron chi connectivity index (χ0n) is 16.5. The van der Waals surface area contributed by atoms with E-state index in [1.165, 1.54) is 29.6 Å². The third kappa shape index (κ3) is 5.79. The van der Waals surface area contributed by atoms with Crippen LogP contribution in [0, 0.1) is 0 Å². The highest BCUT2D eigenvalue weighted by Gasteiger charge is 2.25. The molecule has 2 rings (SSSR count). The van der Waals surface area contributed by atoms with Gasteiger partial charge in [-0.1, -0.05) is 29.8 Å². The zero-order chi connectivity index (χ0) is 21.6. The first-order valence-electron chi connectivity index (χ1n) is 9.03. The Balaban J connectivity index is 2.01. The molecular weight excluding hydrogens is 414 g/mol. The van der Waals surface area contributed by atoms with Gasteiger partial charge in [-0.3, -0.25) is 9.59 Å². The fourth-order valence-electron chi connectivity index (χ4n) is 2.42. The molecule has 2 amide bonds. The highest BCUT2D eigenvalue weighted by molar-refractivity contribution is 7.89. The fraction of sp³-hybridized carbons (Fsp3) is 0.300. The normalized spacial score (nSPS) is 11.5. The molecule has 156 valence electrons. The summed E-state index contributed by atoms with van der Waals surface area (Å²) in [7, 11) is -2.26. The summed E-state index contributed by atoms with van der Waals surface area (Å²) in [6, 6.07) is 12.5. The molecule has 0 bridgehead atoms. The molecule has 7 nitrogen and oxygen atoms in total. The van der Waals surface area contributed by atoms with E-state index in [0.717, 1.165) is 0 Å². The quantitative estimate of drug-likeness (QED) is 0.620. The summed E-state index contributed by atoms with van der Waals surface area (Å²) >= 11 is 6.09. The Morgan fingerprint density at radius 2 is 1.59 bits per heavy atom. The minimum absolute atomic E-state index is 0.0133. The molecule has 0 saturated carbocycles. The van der Waals surface area contributed by atoms with Gasteiger partial charge in [0.05, 0.1) is 15.5 Å². The first kappa shape index (κ1) is 22.9. The molecule has 0 atom stereocenters. The Morgan fingerprint density at radius 3 is 2.17 bits per heavy atom. The van der Waals surface area contributed by atoms with E-state index in [4.69, 9.17) is 11.6 Å². The van der Waals surface area contributed by atoms with Crippen molar-refractivity contribution in [1.29, 1.82) is 0 Å². The fourth-order valence-corrected chi connectivity index (χ4v) is 4.02. The van der Waals surface area contributed by atoms with Crippen molar-refractivity contribution < 1.29 is 18.0 Å². The number of nitrogens with zero attached hydrogens (tertiary/aromatic N) is 1. The molecule has 0 saturated heterocycles. The molecule has 2 N–H and O–H groups in total. The van der Waals surface area contributed by atoms with Crippen molar-refractivity contribution >= 4 is 33.4 Å². The summed E-state index contributed by atoms with van der Waals surface area (Å²) in [5, 5.41) is 5.47. The molecule has 0 aliphatic rings. The van der Waals surface area contributed by atoms with Crippen LogP contribution >= 0.6 is 11.6 Å². The van der Waals surface area contributed by atoms with Crippen LogP contribution in [0.25, 0.3) is 0 Å². The number of nitrogens with one attached hydrogen (secondary N) is 2. The predicted molar refractivity (Wildman–Crippen MR) is 113 cm³/mol. The number of halogens is 1. The van der Waals surface area contributed by atoms with E-state index < -0.39 is 15.9 Å². The highest BCUT2D eigenvalue weighted by atomic mass is 35.5. The van der Waals surface area contributed by atoms with Crippen LogP contribution in [0.2, 0.25) is 5.02 Å². The Bertz CT molecular complexity index is 978. The van der Waals surface area contributed by atoms with Crippen molar-refractivity contribution in [2.75, 3.05) is 20.1 Å². The Kier molecular flexibility index (Phi) is 7.78. The van der Waals surface area contributed by atoms with E-state index in [2.05, 4.69) is 10.6 Å². The summed E-state index contributed by atoms with van der Waals surface area (Å²) in [6.45, 7) is 3.89. The average molecular weight is 438 g/mol. The van der Waals surface area contributed by atoms with Crippen LogP contribution < -0.4 is 10.6 Å². The standard InChI is InChI=1S/C20H24ClN3O4S/c1-14(2)24(3)29(27,28)16-9-10-18(21)17(13-16)20(26)23-12-11-22-19(25)15-7-5-4-6-8-15/h4-10,13-14H,11-12H2,1-3H3,(H,22,25)(H,23,26). The summed E-state index contributed by atoms with van der Waals surface area (Å²) in [4.78, 5) is 24.4. The van der Waals surface area contributed by atoms with Gasteiger partial charge in [-0.2, -0.15) is 4.31 Å². The van der Waals surface area contributed by atoms with Crippen molar-refractivity contribution in [1.82, 2.24) is 14.9 Å². The van der Waals surface area contributed by atoms with Gasteiger partial charge in [0.1, 0.15) is 0 Å². The molecule has 0 heterocycles. The molecule has 2 aromatic rings. The maximum atomic E-state index is 12.6. The number of carbonyl (C=O) groups excluding carboxylic acids is 2. The summed E-state index contributed by atoms with van der Waals surface area (Å²) < 4.78 is 26.5. The van der Waals surface area contributed by atoms with Crippen LogP contribution in [0.4, 0.5) is 0 Å². The number of benzene rings is 2. The largest absolute Gasteiger partial charge is 0.350 e. The van der Waals surface area contributed by atoms with Gasteiger partial charge in [-0.25, -0.2) is 8.42 Å². The van der Waals surface area contributed by atoms with E-state index in [1.807, 2.05) is 6.07 Å². The van der Waals surface area contributed by atoms with Gasteiger partial charge in [-0.15, -0.1) is 0 Å². The van der Waals surface area contributed by atoms with Crippen LogP contribution in [0.1, 0.15) is 34.6 Å². The summed E-state index contributed by atoms with van der Waals surface area (Å²) in [5.74, 6) is -0.768. The number of rotatable bonds is 8. The van der Waals surface area contributed by atoms with E-state index >= 15 is 0 Å². The maximum absolute atomic E-state index is 12.6. The minimum atomic E-state index is -3.74. The van der Waals surface area contributed by atoms with Gasteiger partial charge in [0.25, 0.3) is 11.8 Å². The molecule has 2 aromatic carbocycles. The molecule has 0 unspecified atom stereocenters. The van der Waals surface area contributed by atoms with Crippen molar-refractivity contribution in [2.24, 2.45) is 0 Å². The minimum Gasteiger partial charge on any atom is -0.350 e. The molecule has 29 heavy (non-hydrogen) atoms. The molecule has 0 spiro atoms. The predicted octanol–water partition coefficient (Wildman–Crippen LogP) is 2.53. The van der Waals surface area contributed by atoms with Crippen LogP contribution in [0.5, 0.6) is 0 Å². The molecule has 0 aromatic heterocycles. The molecular formula is C20H24ClN3O4S. The van der Waals surface area contributed by atoms with E-state index in [1.54, 1.807) is 38.1 Å². The monoisotopic (exact) mass is 437 g/mol. The van der Waals surface area contributed by atoms with Crippen LogP contribution in [0.15, 0.2) is 53.4 Å². The lowest BCUT2D eigenvalue weighted by molar-refractivity contribution is 0.0927. The maximum Gasteiger partial charge on any atom is 0.252 e. The zero-order valence-corrected chi connectivity index (χ0v) is 18.0. The molecule has 9 heteroatoms. The lowest BCUT2D eigenvalue weighted by atomic mass is 10.2. The Hall–Kier alpha value is -2.42. The first-order valence-corrected chi connectivity index (χ1v) is 10.9. The number of carbonyl (C=O) groups is 2. The van der Waals surface area contributed by atoms with Crippen molar-refractivity contribution in [2.45, 2.75) is 24.8 Å². The lowest BCUT2D eigenvalue weighted by Gasteiger charge is -2.21. The van der Waals surface area contributed by atoms with Crippen LogP contribution in [-0.2, 0) is 10.0 Å². The SMILES string of the molecule is CC(C)N(C)S(=O)(=O)c1ccc(Cl)c(C(=O)NCCNC(=O)c2ccccc2)c1. The lowest BCUT2D eigenvalue weighted by Crippen LogP contribution is -2.35. The average Bonchev–Trinajstić information content (AvgIpc) is 2.70. The van der Waals surface area contributed by atoms with E-state index in [0.29, 0.717) is 5.56 Å². The number of sulfonamides is 1. The van der Waals surface area contributed by atoms with Gasteiger partial charge in [0.15, 0.2) is 0 Å². The summed E-state index contributed by atoms with van der Waals surface area (Å²) in [5.41, 5.74) is 0.577. The van der Waals surface area contributed by atoms with Gasteiger partial charge in [-0.05, 0) is 44.2 Å². The second kappa shape index (κ2) is 9.87. The number of hydrogen-bond acceptors (Lipinski definition) is 4. The smallest absolute Gasteiger partial charge is 0.252 e. The second-order valence-electron chi connectivity index (χ2n) is 6.63. The van der Waals surface area contributed by atoms with Crippen molar-refractivity contribution in [3.8, 4) is 0 Å². The van der Waals surface area contributed by atoms with Crippen molar-refractivity contribution in [3.63, 3.8) is 0 Å². The van der Waals surface area contributed by atoms with Crippen LogP contribution in [0.3, 0.4) is 0 Å². The second-order valence-corrected chi connectivity index (χ2v) is 9.04. The Labute approximate surface area is 176 Å².